The summed E-state index contributed by atoms with van der Waals surface area (Å²) in [5.41, 5.74) is -0.151. The summed E-state index contributed by atoms with van der Waals surface area (Å²) in [6, 6.07) is 0. The Hall–Kier alpha value is -0.840. The summed E-state index contributed by atoms with van der Waals surface area (Å²) < 4.78 is 147. The van der Waals surface area contributed by atoms with Crippen LogP contribution in [0.5, 0.6) is 0 Å². The number of halogens is 12. The molecule has 2 rings (SSSR count). The molecular weight excluding hydrogens is 1010 g/mol. The Morgan fingerprint density at radius 2 is 0.701 bits per heavy atom. The zero-order valence-electron chi connectivity index (χ0n) is 56.5. The van der Waals surface area contributed by atoms with E-state index < -0.39 is 59.2 Å². The van der Waals surface area contributed by atoms with E-state index in [-0.39, 0.29) is 17.3 Å². The highest BCUT2D eigenvalue weighted by molar-refractivity contribution is 4.92. The van der Waals surface area contributed by atoms with Gasteiger partial charge in [-0.15, -0.1) is 0 Å². The Labute approximate surface area is 470 Å². The molecule has 0 aliphatic heterocycles. The van der Waals surface area contributed by atoms with E-state index in [4.69, 9.17) is 0 Å². The van der Waals surface area contributed by atoms with Gasteiger partial charge >= 0.3 is 24.7 Å². The molecule has 2 saturated carbocycles. The maximum atomic E-state index is 12.6. The molecule has 472 valence electrons. The maximum Gasteiger partial charge on any atom is 0.394 e. The smallest absolute Gasteiger partial charge is 0.171 e. The van der Waals surface area contributed by atoms with Crippen LogP contribution in [-0.2, 0) is 0 Å². The van der Waals surface area contributed by atoms with Crippen LogP contribution in [-0.4, -0.2) is 24.7 Å². The summed E-state index contributed by atoms with van der Waals surface area (Å²) in [4.78, 5) is 0. The summed E-state index contributed by atoms with van der Waals surface area (Å²) in [5.74, 6) is -0.511. The largest absolute Gasteiger partial charge is 0.394 e. The van der Waals surface area contributed by atoms with Gasteiger partial charge in [-0.3, -0.25) is 0 Å². The van der Waals surface area contributed by atoms with Gasteiger partial charge < -0.3 is 0 Å². The van der Waals surface area contributed by atoms with Crippen LogP contribution in [0, 0.1) is 108 Å². The summed E-state index contributed by atoms with van der Waals surface area (Å²) in [7, 11) is 0. The molecule has 0 aromatic heterocycles. The van der Waals surface area contributed by atoms with Gasteiger partial charge in [0.15, 0.2) is 0 Å². The number of rotatable bonds is 5. The van der Waals surface area contributed by atoms with Gasteiger partial charge in [-0.2, -0.15) is 52.7 Å². The van der Waals surface area contributed by atoms with E-state index >= 15 is 0 Å². The predicted molar refractivity (Wildman–Crippen MR) is 311 cm³/mol. The lowest BCUT2D eigenvalue weighted by atomic mass is 9.56. The molecule has 0 bridgehead atoms. The molecule has 77 heavy (non-hydrogen) atoms. The Bertz CT molecular complexity index is 1510. The van der Waals surface area contributed by atoms with Crippen molar-refractivity contribution in [2.24, 2.45) is 108 Å². The molecule has 0 spiro atoms. The fourth-order valence-electron chi connectivity index (χ4n) is 8.56. The molecule has 0 aromatic rings. The molecule has 2 fully saturated rings. The van der Waals surface area contributed by atoms with E-state index in [1.165, 1.54) is 20.8 Å². The van der Waals surface area contributed by atoms with Crippen LogP contribution in [0.15, 0.2) is 0 Å². The van der Waals surface area contributed by atoms with Crippen LogP contribution in [0.25, 0.3) is 0 Å². The van der Waals surface area contributed by atoms with Crippen molar-refractivity contribution in [2.75, 3.05) is 0 Å². The molecule has 2 aliphatic rings. The second-order valence-corrected chi connectivity index (χ2v) is 32.2. The minimum Gasteiger partial charge on any atom is -0.171 e. The van der Waals surface area contributed by atoms with Crippen LogP contribution in [0.1, 0.15) is 287 Å². The highest BCUT2D eigenvalue weighted by Gasteiger charge is 2.53. The summed E-state index contributed by atoms with van der Waals surface area (Å²) in [5, 5.41) is 0. The van der Waals surface area contributed by atoms with Crippen LogP contribution in [0.4, 0.5) is 52.7 Å². The Kier molecular flexibility index (Phi) is 34.4. The van der Waals surface area contributed by atoms with Gasteiger partial charge in [-0.1, -0.05) is 261 Å². The third-order valence-corrected chi connectivity index (χ3v) is 20.6. The van der Waals surface area contributed by atoms with Gasteiger partial charge in [0.2, 0.25) is 0 Å². The first-order valence-electron chi connectivity index (χ1n) is 29.3. The minimum absolute atomic E-state index is 0.0362. The quantitative estimate of drug-likeness (QED) is 0.241. The Morgan fingerprint density at radius 3 is 0.831 bits per heavy atom. The lowest BCUT2D eigenvalue weighted by Gasteiger charge is -2.49. The summed E-state index contributed by atoms with van der Waals surface area (Å²) >= 11 is 0. The van der Waals surface area contributed by atoms with Crippen molar-refractivity contribution in [2.45, 2.75) is 311 Å². The number of alkyl halides is 12. The van der Waals surface area contributed by atoms with Crippen molar-refractivity contribution in [1.82, 2.24) is 0 Å². The van der Waals surface area contributed by atoms with Gasteiger partial charge in [0, 0.05) is 0 Å². The fourth-order valence-corrected chi connectivity index (χ4v) is 8.56. The Morgan fingerprint density at radius 1 is 0.351 bits per heavy atom. The predicted octanol–water partition coefficient (Wildman–Crippen LogP) is 26.0. The van der Waals surface area contributed by atoms with Crippen molar-refractivity contribution in [1.29, 1.82) is 0 Å². The van der Waals surface area contributed by atoms with Gasteiger partial charge in [0.25, 0.3) is 0 Å². The summed E-state index contributed by atoms with van der Waals surface area (Å²) in [6.07, 6.45) is -11.6. The molecular formula is C65H128F12. The molecule has 0 N–H and O–H groups in total. The number of hydrogen-bond acceptors (Lipinski definition) is 0. The highest BCUT2D eigenvalue weighted by Crippen LogP contribution is 2.52. The zero-order chi connectivity index (χ0) is 63.9. The van der Waals surface area contributed by atoms with E-state index in [2.05, 4.69) is 145 Å². The average molecular weight is 1140 g/mol. The van der Waals surface area contributed by atoms with E-state index in [0.717, 1.165) is 43.4 Å². The second-order valence-electron chi connectivity index (χ2n) is 32.2. The van der Waals surface area contributed by atoms with Crippen molar-refractivity contribution < 1.29 is 52.7 Å². The molecule has 12 heteroatoms. The van der Waals surface area contributed by atoms with E-state index in [1.807, 2.05) is 48.5 Å². The molecule has 0 heterocycles. The molecule has 2 unspecified atom stereocenters. The molecule has 0 aromatic carbocycles. The van der Waals surface area contributed by atoms with Crippen molar-refractivity contribution in [3.05, 3.63) is 0 Å². The van der Waals surface area contributed by atoms with Crippen LogP contribution < -0.4 is 0 Å². The minimum atomic E-state index is -4.13. The lowest BCUT2D eigenvalue weighted by molar-refractivity contribution is -0.238. The third-order valence-electron chi connectivity index (χ3n) is 20.6. The van der Waals surface area contributed by atoms with Crippen LogP contribution in [0.3, 0.4) is 0 Å². The molecule has 0 amide bonds. The maximum absolute atomic E-state index is 12.6. The molecule has 0 radical (unpaired) electrons. The molecule has 0 nitrogen and oxygen atoms in total. The van der Waals surface area contributed by atoms with Crippen molar-refractivity contribution in [3.63, 3.8) is 0 Å². The monoisotopic (exact) mass is 1140 g/mol. The highest BCUT2D eigenvalue weighted by atomic mass is 19.4. The lowest BCUT2D eigenvalue weighted by Crippen LogP contribution is -2.43. The zero-order valence-corrected chi connectivity index (χ0v) is 56.5. The standard InChI is InChI=1S/C11H24.C10H19F3.C10H22.C9H17F3.C9H20.2C8H13F3/c1-9(2,3)11(7,8)10(4,5)6;1-7(8(2,3)4)9(5,6)10(11,12)13;1-8(2)10(6,7)9(3,4)5;1-6(2)8(4,5)7(3)9(10,11)12;1-7(2)8(3)9(4,5)6;1-6-2-4-7(5-3-6)8(9,10)11;1-6-3-2-4-7(5-6)8(9,10)11/h1-8H3;7H,1-6H3;8H,1-7H3;6-7H,1-5H3;7-8H,1-6H3;2*6-7H,2-5H2,1H3/t;7-;;;8-;;6-,7?/m.1..1.1/s1. The Balaban J connectivity index is -0.000000262. The topological polar surface area (TPSA) is 0 Å². The van der Waals surface area contributed by atoms with Crippen LogP contribution in [0.2, 0.25) is 0 Å². The first-order chi connectivity index (χ1) is 33.0. The molecule has 0 saturated heterocycles. The van der Waals surface area contributed by atoms with Gasteiger partial charge in [-0.05, 0) is 110 Å². The van der Waals surface area contributed by atoms with Crippen molar-refractivity contribution in [3.8, 4) is 0 Å². The summed E-state index contributed by atoms with van der Waals surface area (Å²) in [6.45, 7) is 70.5. The van der Waals surface area contributed by atoms with E-state index in [9.17, 15) is 52.7 Å². The normalized spacial score (nSPS) is 21.2. The first kappa shape index (κ1) is 85.0. The van der Waals surface area contributed by atoms with Gasteiger partial charge in [0.1, 0.15) is 0 Å². The second kappa shape index (κ2) is 31.2. The van der Waals surface area contributed by atoms with Crippen LogP contribution >= 0.6 is 0 Å². The fraction of sp³-hybridized carbons (Fsp3) is 1.00. The van der Waals surface area contributed by atoms with Gasteiger partial charge in [0.05, 0.1) is 23.2 Å². The number of hydrogen-bond donors (Lipinski definition) is 0. The van der Waals surface area contributed by atoms with Crippen molar-refractivity contribution >= 4 is 0 Å². The van der Waals surface area contributed by atoms with E-state index in [1.54, 1.807) is 20.8 Å². The first-order valence-corrected chi connectivity index (χ1v) is 29.3. The van der Waals surface area contributed by atoms with Gasteiger partial charge in [-0.25, -0.2) is 0 Å². The van der Waals surface area contributed by atoms with E-state index in [0.29, 0.717) is 64.1 Å². The SMILES string of the molecule is CC(C)(C)C(C)(C)C(C)(C)C.CC(C)C(C)(C)C(C)(C)C.CC(C)C(C)(C)C(C)C(F)(F)F.CC(C)[C@@H](C)C(C)(C)C.CC1CCC(C(F)(F)F)CC1.C[C@@H]1CCCC(C(F)(F)F)C1.C[C@H](C(C)(C)C)C(C)(C)C(F)(F)F. The molecule has 2 aliphatic carbocycles. The molecule has 5 atom stereocenters. The average Bonchev–Trinajstić information content (AvgIpc) is 3.18. The third kappa shape index (κ3) is 31.4.